The summed E-state index contributed by atoms with van der Waals surface area (Å²) in [6.07, 6.45) is 17.3. The van der Waals surface area contributed by atoms with E-state index >= 15 is 0 Å². The molecular weight excluding hydrogens is 1630 g/mol. The summed E-state index contributed by atoms with van der Waals surface area (Å²) in [5, 5.41) is 61.8. The molecule has 126 heavy (non-hydrogen) atoms. The summed E-state index contributed by atoms with van der Waals surface area (Å²) in [6, 6.07) is 0. The van der Waals surface area contributed by atoms with E-state index in [0.29, 0.717) is 118 Å². The summed E-state index contributed by atoms with van der Waals surface area (Å²) in [7, 11) is -0.704. The Bertz CT molecular complexity index is 3320. The van der Waals surface area contributed by atoms with Crippen LogP contribution in [-0.4, -0.2) is 292 Å². The van der Waals surface area contributed by atoms with Gasteiger partial charge in [0.05, 0.1) is 79.8 Å². The maximum atomic E-state index is 11.8. The third-order valence-corrected chi connectivity index (χ3v) is 27.6. The summed E-state index contributed by atoms with van der Waals surface area (Å²) in [5.41, 5.74) is -1.20. The van der Waals surface area contributed by atoms with Crippen LogP contribution < -0.4 is 10.6 Å². The van der Waals surface area contributed by atoms with Gasteiger partial charge in [0.25, 0.3) is 0 Å². The number of likely N-dealkylation sites (tertiary alicyclic amines) is 3. The fourth-order valence-electron chi connectivity index (χ4n) is 16.4. The normalized spacial score (nSPS) is 26.1. The van der Waals surface area contributed by atoms with Crippen molar-refractivity contribution >= 4 is 79.5 Å². The van der Waals surface area contributed by atoms with Gasteiger partial charge in [-0.15, -0.1) is 0 Å². The number of hydrogen-bond acceptors (Lipinski definition) is 25. The molecular formula is C98H179N7O20S. The number of rotatable bonds is 24. The van der Waals surface area contributed by atoms with Crippen molar-refractivity contribution in [2.24, 2.45) is 94.2 Å². The highest BCUT2D eigenvalue weighted by molar-refractivity contribution is 7.91. The number of nitrogens with one attached hydrogen (secondary N) is 2. The molecule has 732 valence electrons. The van der Waals surface area contributed by atoms with Crippen molar-refractivity contribution in [2.75, 3.05) is 123 Å². The number of carbonyl (C=O) groups is 12. The quantitative estimate of drug-likeness (QED) is 0.0445. The Hall–Kier alpha value is -4.85. The van der Waals surface area contributed by atoms with Crippen LogP contribution >= 0.6 is 0 Å². The zero-order valence-electron chi connectivity index (χ0n) is 82.8. The molecule has 6 saturated heterocycles. The van der Waals surface area contributed by atoms with Crippen LogP contribution in [0.15, 0.2) is 0 Å². The monoisotopic (exact) mass is 1810 g/mol. The average Bonchev–Trinajstić information content (AvgIpc) is 1.16. The molecule has 6 aliphatic heterocycles. The highest BCUT2D eigenvalue weighted by Gasteiger charge is 2.39. The molecule has 8 N–H and O–H groups in total. The van der Waals surface area contributed by atoms with Gasteiger partial charge >= 0.3 is 0 Å². The molecule has 0 aromatic carbocycles. The Morgan fingerprint density at radius 2 is 0.683 bits per heavy atom. The summed E-state index contributed by atoms with van der Waals surface area (Å²) >= 11 is 0. The fourth-order valence-corrected chi connectivity index (χ4v) is 17.6. The van der Waals surface area contributed by atoms with Gasteiger partial charge in [0, 0.05) is 160 Å². The molecule has 28 heteroatoms. The minimum absolute atomic E-state index is 0.00370. The van der Waals surface area contributed by atoms with Crippen LogP contribution in [0.2, 0.25) is 0 Å². The molecule has 0 aromatic heterocycles. The molecule has 3 atom stereocenters. The molecule has 2 amide bonds. The summed E-state index contributed by atoms with van der Waals surface area (Å²) in [6.45, 7) is 55.1. The van der Waals surface area contributed by atoms with Gasteiger partial charge < -0.3 is 46.2 Å². The van der Waals surface area contributed by atoms with Crippen molar-refractivity contribution < 1.29 is 96.6 Å². The molecule has 10 fully saturated rings. The van der Waals surface area contributed by atoms with Crippen molar-refractivity contribution in [3.63, 3.8) is 0 Å². The lowest BCUT2D eigenvalue weighted by molar-refractivity contribution is -0.134. The van der Waals surface area contributed by atoms with Crippen LogP contribution in [0.5, 0.6) is 0 Å². The lowest BCUT2D eigenvalue weighted by Crippen LogP contribution is -2.49. The van der Waals surface area contributed by atoms with E-state index in [2.05, 4.69) is 32.4 Å². The van der Waals surface area contributed by atoms with Crippen molar-refractivity contribution in [1.29, 1.82) is 0 Å². The number of Topliss-reactive ketones (excluding diaryl/α,β-unsaturated/α-hetero) is 10. The van der Waals surface area contributed by atoms with E-state index in [1.54, 1.807) is 0 Å². The number of aliphatic hydroxyl groups excluding tert-OH is 4. The number of hydrogen-bond donors (Lipinski definition) is 8. The van der Waals surface area contributed by atoms with E-state index in [-0.39, 0.29) is 153 Å². The molecule has 10 rings (SSSR count). The topological polar surface area (TPSA) is 401 Å². The highest BCUT2D eigenvalue weighted by Crippen LogP contribution is 2.39. The Morgan fingerprint density at radius 3 is 1.05 bits per heavy atom. The molecule has 4 aliphatic carbocycles. The Labute approximate surface area is 760 Å². The first-order valence-electron chi connectivity index (χ1n) is 48.1. The number of piperazine rings is 1. The molecule has 6 heterocycles. The molecule has 3 unspecified atom stereocenters. The first-order chi connectivity index (χ1) is 58.3. The van der Waals surface area contributed by atoms with E-state index in [4.69, 9.17) is 0 Å². The molecule has 10 aliphatic rings. The first-order valence-corrected chi connectivity index (χ1v) is 50.0. The van der Waals surface area contributed by atoms with Crippen LogP contribution in [-0.2, 0) is 67.4 Å². The van der Waals surface area contributed by atoms with Gasteiger partial charge in [0.1, 0.15) is 57.8 Å². The molecule has 4 saturated carbocycles. The molecule has 27 nitrogen and oxygen atoms in total. The fraction of sp³-hybridized carbons (Fsp3) is 0.878. The van der Waals surface area contributed by atoms with E-state index in [9.17, 15) is 96.6 Å². The minimum atomic E-state index is -2.82. The van der Waals surface area contributed by atoms with Gasteiger partial charge in [0.15, 0.2) is 9.84 Å². The van der Waals surface area contributed by atoms with E-state index in [1.807, 2.05) is 169 Å². The highest BCUT2D eigenvalue weighted by atomic mass is 32.2. The van der Waals surface area contributed by atoms with E-state index in [1.165, 1.54) is 0 Å². The zero-order chi connectivity index (χ0) is 96.5. The van der Waals surface area contributed by atoms with E-state index < -0.39 is 21.0 Å². The van der Waals surface area contributed by atoms with Crippen molar-refractivity contribution in [2.45, 2.75) is 336 Å². The summed E-state index contributed by atoms with van der Waals surface area (Å²) in [4.78, 5) is 147. The number of sulfone groups is 1. The van der Waals surface area contributed by atoms with Gasteiger partial charge in [-0.1, -0.05) is 145 Å². The summed E-state index contributed by atoms with van der Waals surface area (Å²) in [5.74, 6) is 5.52. The molecule has 0 bridgehead atoms. The van der Waals surface area contributed by atoms with Crippen LogP contribution in [0.1, 0.15) is 301 Å². The Kier molecular flexibility index (Phi) is 56.4. The first kappa shape index (κ1) is 119. The lowest BCUT2D eigenvalue weighted by atomic mass is 9.69. The third kappa shape index (κ3) is 49.6. The maximum absolute atomic E-state index is 11.8. The Balaban J connectivity index is 0.000000701. The van der Waals surface area contributed by atoms with Gasteiger partial charge in [0.2, 0.25) is 11.8 Å². The minimum Gasteiger partial charge on any atom is -0.393 e. The number of nitrogens with zero attached hydrogens (tertiary/aromatic N) is 5. The van der Waals surface area contributed by atoms with E-state index in [0.717, 1.165) is 174 Å². The predicted molar refractivity (Wildman–Crippen MR) is 499 cm³/mol. The van der Waals surface area contributed by atoms with Crippen LogP contribution in [0.4, 0.5) is 0 Å². The second-order valence-electron chi connectivity index (χ2n) is 41.6. The van der Waals surface area contributed by atoms with Crippen LogP contribution in [0.3, 0.4) is 0 Å². The number of aliphatic hydroxyl groups is 6. The van der Waals surface area contributed by atoms with Gasteiger partial charge in [-0.05, 0) is 169 Å². The molecule has 0 aromatic rings. The molecule has 0 spiro atoms. The largest absolute Gasteiger partial charge is 0.393 e. The number of carbonyl (C=O) groups excluding carboxylic acids is 12. The second-order valence-corrected chi connectivity index (χ2v) is 43.9. The van der Waals surface area contributed by atoms with Gasteiger partial charge in [-0.3, -0.25) is 77.1 Å². The predicted octanol–water partition coefficient (Wildman–Crippen LogP) is 10.7. The van der Waals surface area contributed by atoms with Crippen molar-refractivity contribution in [1.82, 2.24) is 35.1 Å². The van der Waals surface area contributed by atoms with Crippen molar-refractivity contribution in [3.05, 3.63) is 0 Å². The average molecular weight is 1810 g/mol. The van der Waals surface area contributed by atoms with Crippen LogP contribution in [0.25, 0.3) is 0 Å². The van der Waals surface area contributed by atoms with Crippen molar-refractivity contribution in [3.8, 4) is 0 Å². The second kappa shape index (κ2) is 59.6. The number of amides is 2. The number of ketones is 10. The van der Waals surface area contributed by atoms with Crippen LogP contribution in [0, 0.1) is 94.2 Å². The third-order valence-electron chi connectivity index (χ3n) is 26.0. The zero-order valence-corrected chi connectivity index (χ0v) is 83.6. The lowest BCUT2D eigenvalue weighted by Gasteiger charge is -2.35. The van der Waals surface area contributed by atoms with Gasteiger partial charge in [-0.2, -0.15) is 0 Å². The Morgan fingerprint density at radius 1 is 0.349 bits per heavy atom. The standard InChI is InChI=1S/C11H21NO2.2C11H20O2.C10H19NO2.C10H19NO.C10H18O2.C9H16N2O2.C9H17NO3S.C9H16O2.C8H13NO2/c1-9(2)10(13)8-12-6-4-11(3,14)5-7-12;1-8(2)10(13)11(3)6-4-9(12)5-7-11;1-8(2)10(12)9-4-6-11(3,13)7-5-9;1-8(2)10(13)7-11-5-3-9(12)4-6-11;1-8(2)10(12)9-4-6-11(3)7-5-9;1-7(2)10(12)8-3-5-9(11)6-4-8;1-7(2)8(12)5-11-4-3-10-9(13)6-11;1-8(2)9(11)7-10-3-5-14(12,13)6-4-10;1-6(2)9(11)7-3-4-8(10)5-7;1-5(2)8(11)6-3-7(10)9-4-6/h9,14H,4-8H2,1-3H3;8-9,12H,4-7H2,1-3H3;8-9,13H,4-7H2,1-3H3;8-9,12H,3-7H2,1-2H3;8-9H,4-7H2,1-3H3;7-9,11H,3-6H2,1-2H3;7H,3-6H2,1-2H3,(H,10,13);8H,3-7H2,1-2H3;6-8,10H,3-5H2,1-2H3;5-6H,3-4H2,1-2H3,(H,9,10). The summed E-state index contributed by atoms with van der Waals surface area (Å²) < 4.78 is 22.2. The van der Waals surface area contributed by atoms with Gasteiger partial charge in [-0.25, -0.2) is 8.42 Å². The smallest absolute Gasteiger partial charge is 0.234 e. The SMILES string of the molecule is CC(C)C(=O)C1(C)CCC(O)CC1.CC(C)C(=O)C1CCC(C)(O)CC1.CC(C)C(=O)C1CCC(O)C1.CC(C)C(=O)C1CCC(O)CC1.CC(C)C(=O)C1CCN(C)CC1.CC(C)C(=O)C1CNC(=O)C1.CC(C)C(=O)CN1CCC(C)(O)CC1.CC(C)C(=O)CN1CCC(O)CC1.CC(C)C(=O)CN1CCNC(=O)C1.CC(C)C(=O)CN1CCS(=O)(=O)CC1. The maximum Gasteiger partial charge on any atom is 0.234 e. The molecule has 0 radical (unpaired) electrons. The number of piperidine rings is 3.